The van der Waals surface area contributed by atoms with Crippen LogP contribution in [-0.2, 0) is 9.53 Å². The van der Waals surface area contributed by atoms with Crippen molar-refractivity contribution in [3.63, 3.8) is 0 Å². The summed E-state index contributed by atoms with van der Waals surface area (Å²) in [5, 5.41) is 3.44. The van der Waals surface area contributed by atoms with Crippen molar-refractivity contribution in [1.82, 2.24) is 10.2 Å². The summed E-state index contributed by atoms with van der Waals surface area (Å²) in [6, 6.07) is 0.472. The molecule has 1 amide bonds. The maximum atomic E-state index is 12.0. The van der Waals surface area contributed by atoms with Gasteiger partial charge in [0, 0.05) is 25.7 Å². The van der Waals surface area contributed by atoms with E-state index in [4.69, 9.17) is 4.74 Å². The average Bonchev–Trinajstić information content (AvgIpc) is 2.77. The zero-order valence-corrected chi connectivity index (χ0v) is 11.4. The van der Waals surface area contributed by atoms with Gasteiger partial charge in [-0.15, -0.1) is 0 Å². The zero-order valence-electron chi connectivity index (χ0n) is 11.4. The van der Waals surface area contributed by atoms with Gasteiger partial charge in [0.2, 0.25) is 5.91 Å². The van der Waals surface area contributed by atoms with E-state index >= 15 is 0 Å². The number of hydrogen-bond donors (Lipinski definition) is 1. The van der Waals surface area contributed by atoms with Gasteiger partial charge in [-0.05, 0) is 32.2 Å². The van der Waals surface area contributed by atoms with Crippen molar-refractivity contribution in [2.75, 3.05) is 32.8 Å². The first-order chi connectivity index (χ1) is 8.13. The van der Waals surface area contributed by atoms with Crippen LogP contribution < -0.4 is 5.32 Å². The highest BCUT2D eigenvalue weighted by Gasteiger charge is 2.21. The van der Waals surface area contributed by atoms with Gasteiger partial charge in [0.1, 0.15) is 6.61 Å². The van der Waals surface area contributed by atoms with E-state index in [0.717, 1.165) is 19.6 Å². The lowest BCUT2D eigenvalue weighted by molar-refractivity contribution is -0.136. The summed E-state index contributed by atoms with van der Waals surface area (Å²) in [5.74, 6) is 0.622. The van der Waals surface area contributed by atoms with Gasteiger partial charge in [-0.2, -0.15) is 0 Å². The third kappa shape index (κ3) is 5.50. The molecule has 4 heteroatoms. The molecule has 1 saturated heterocycles. The van der Waals surface area contributed by atoms with E-state index in [-0.39, 0.29) is 12.5 Å². The van der Waals surface area contributed by atoms with Crippen LogP contribution in [0.4, 0.5) is 0 Å². The highest BCUT2D eigenvalue weighted by molar-refractivity contribution is 5.77. The van der Waals surface area contributed by atoms with Crippen molar-refractivity contribution in [1.29, 1.82) is 0 Å². The lowest BCUT2D eigenvalue weighted by Gasteiger charge is -2.27. The van der Waals surface area contributed by atoms with Gasteiger partial charge in [-0.1, -0.05) is 13.8 Å². The van der Waals surface area contributed by atoms with E-state index in [1.165, 1.54) is 12.8 Å². The highest BCUT2D eigenvalue weighted by Crippen LogP contribution is 2.09. The Hall–Kier alpha value is -0.610. The standard InChI is InChI=1S/C13H26N2O2/c1-4-17-10-13(16)15(8-11(2)3)9-12-6-5-7-14-12/h11-12,14H,4-10H2,1-3H3. The van der Waals surface area contributed by atoms with Crippen LogP contribution in [-0.4, -0.2) is 49.7 Å². The fraction of sp³-hybridized carbons (Fsp3) is 0.923. The van der Waals surface area contributed by atoms with Crippen molar-refractivity contribution < 1.29 is 9.53 Å². The maximum Gasteiger partial charge on any atom is 0.248 e. The number of nitrogens with one attached hydrogen (secondary N) is 1. The monoisotopic (exact) mass is 242 g/mol. The van der Waals surface area contributed by atoms with Gasteiger partial charge < -0.3 is 15.0 Å². The Morgan fingerprint density at radius 3 is 2.82 bits per heavy atom. The highest BCUT2D eigenvalue weighted by atomic mass is 16.5. The summed E-state index contributed by atoms with van der Waals surface area (Å²) < 4.78 is 5.21. The quantitative estimate of drug-likeness (QED) is 0.731. The van der Waals surface area contributed by atoms with Crippen LogP contribution in [0.15, 0.2) is 0 Å². The molecule has 0 radical (unpaired) electrons. The number of nitrogens with zero attached hydrogens (tertiary/aromatic N) is 1. The largest absolute Gasteiger partial charge is 0.372 e. The Labute approximate surface area is 105 Å². The summed E-state index contributed by atoms with van der Waals surface area (Å²) in [6.45, 7) is 9.75. The second-order valence-electron chi connectivity index (χ2n) is 5.12. The van der Waals surface area contributed by atoms with Gasteiger partial charge in [-0.3, -0.25) is 4.79 Å². The van der Waals surface area contributed by atoms with Gasteiger partial charge >= 0.3 is 0 Å². The van der Waals surface area contributed by atoms with Crippen LogP contribution >= 0.6 is 0 Å². The first kappa shape index (κ1) is 14.5. The molecule has 100 valence electrons. The molecular weight excluding hydrogens is 216 g/mol. The molecular formula is C13H26N2O2. The van der Waals surface area contributed by atoms with Crippen molar-refractivity contribution in [3.05, 3.63) is 0 Å². The smallest absolute Gasteiger partial charge is 0.248 e. The van der Waals surface area contributed by atoms with Gasteiger partial charge in [0.15, 0.2) is 0 Å². The molecule has 17 heavy (non-hydrogen) atoms. The van der Waals surface area contributed by atoms with E-state index in [0.29, 0.717) is 18.6 Å². The van der Waals surface area contributed by atoms with Gasteiger partial charge in [0.05, 0.1) is 0 Å². The molecule has 0 aromatic carbocycles. The van der Waals surface area contributed by atoms with E-state index in [1.54, 1.807) is 0 Å². The molecule has 1 heterocycles. The molecule has 0 aromatic rings. The minimum atomic E-state index is 0.120. The number of amides is 1. The molecule has 4 nitrogen and oxygen atoms in total. The Morgan fingerprint density at radius 2 is 2.29 bits per heavy atom. The number of hydrogen-bond acceptors (Lipinski definition) is 3. The lowest BCUT2D eigenvalue weighted by Crippen LogP contribution is -2.44. The zero-order chi connectivity index (χ0) is 12.7. The first-order valence-corrected chi connectivity index (χ1v) is 6.72. The summed E-state index contributed by atoms with van der Waals surface area (Å²) in [5.41, 5.74) is 0. The van der Waals surface area contributed by atoms with Crippen molar-refractivity contribution in [3.8, 4) is 0 Å². The second-order valence-corrected chi connectivity index (χ2v) is 5.12. The van der Waals surface area contributed by atoms with E-state index in [9.17, 15) is 4.79 Å². The summed E-state index contributed by atoms with van der Waals surface area (Å²) >= 11 is 0. The van der Waals surface area contributed by atoms with Crippen molar-refractivity contribution in [2.24, 2.45) is 5.92 Å². The molecule has 1 aliphatic rings. The van der Waals surface area contributed by atoms with E-state index < -0.39 is 0 Å². The third-order valence-electron chi connectivity index (χ3n) is 2.97. The predicted molar refractivity (Wildman–Crippen MR) is 68.9 cm³/mol. The Morgan fingerprint density at radius 1 is 1.53 bits per heavy atom. The van der Waals surface area contributed by atoms with Crippen LogP contribution in [0.3, 0.4) is 0 Å². The fourth-order valence-electron chi connectivity index (χ4n) is 2.18. The molecule has 0 aliphatic carbocycles. The molecule has 0 saturated carbocycles. The minimum Gasteiger partial charge on any atom is -0.372 e. The fourth-order valence-corrected chi connectivity index (χ4v) is 2.18. The average molecular weight is 242 g/mol. The second kappa shape index (κ2) is 7.67. The van der Waals surface area contributed by atoms with Crippen LogP contribution in [0, 0.1) is 5.92 Å². The molecule has 1 atom stereocenters. The number of rotatable bonds is 7. The van der Waals surface area contributed by atoms with Gasteiger partial charge in [-0.25, -0.2) is 0 Å². The molecule has 1 unspecified atom stereocenters. The van der Waals surface area contributed by atoms with E-state index in [2.05, 4.69) is 19.2 Å². The SMILES string of the molecule is CCOCC(=O)N(CC(C)C)CC1CCCN1. The van der Waals surface area contributed by atoms with Crippen LogP contribution in [0.1, 0.15) is 33.6 Å². The normalized spacial score (nSPS) is 19.9. The van der Waals surface area contributed by atoms with Crippen LogP contribution in [0.25, 0.3) is 0 Å². The van der Waals surface area contributed by atoms with E-state index in [1.807, 2.05) is 11.8 Å². The number of carbonyl (C=O) groups is 1. The molecule has 1 N–H and O–H groups in total. The third-order valence-corrected chi connectivity index (χ3v) is 2.97. The van der Waals surface area contributed by atoms with Crippen LogP contribution in [0.2, 0.25) is 0 Å². The summed E-state index contributed by atoms with van der Waals surface area (Å²) in [4.78, 5) is 13.9. The van der Waals surface area contributed by atoms with Crippen molar-refractivity contribution in [2.45, 2.75) is 39.7 Å². The number of ether oxygens (including phenoxy) is 1. The molecule has 1 fully saturated rings. The van der Waals surface area contributed by atoms with Gasteiger partial charge in [0.25, 0.3) is 0 Å². The molecule has 0 spiro atoms. The first-order valence-electron chi connectivity index (χ1n) is 6.72. The lowest BCUT2D eigenvalue weighted by atomic mass is 10.1. The predicted octanol–water partition coefficient (Wildman–Crippen LogP) is 1.26. The molecule has 1 aliphatic heterocycles. The molecule has 0 bridgehead atoms. The minimum absolute atomic E-state index is 0.120. The topological polar surface area (TPSA) is 41.6 Å². The molecule has 1 rings (SSSR count). The summed E-state index contributed by atoms with van der Waals surface area (Å²) in [7, 11) is 0. The number of carbonyl (C=O) groups excluding carboxylic acids is 1. The van der Waals surface area contributed by atoms with Crippen LogP contribution in [0.5, 0.6) is 0 Å². The Bertz CT molecular complexity index is 225. The maximum absolute atomic E-state index is 12.0. The van der Waals surface area contributed by atoms with Crippen molar-refractivity contribution >= 4 is 5.91 Å². The Kier molecular flexibility index (Phi) is 6.52. The molecule has 0 aromatic heterocycles. The Balaban J connectivity index is 2.43. The summed E-state index contributed by atoms with van der Waals surface area (Å²) in [6.07, 6.45) is 2.40.